The maximum atomic E-state index is 12.8. The molecule has 0 aliphatic carbocycles. The zero-order chi connectivity index (χ0) is 18.8. The van der Waals surface area contributed by atoms with E-state index in [1.54, 1.807) is 0 Å². The zero-order valence-corrected chi connectivity index (χ0v) is 14.2. The molecule has 1 aliphatic heterocycles. The molecular weight excluding hydrogens is 383 g/mol. The lowest BCUT2D eigenvalue weighted by atomic mass is 10.1. The average Bonchev–Trinajstić information content (AvgIpc) is 2.81. The normalized spacial score (nSPS) is 19.6. The third kappa shape index (κ3) is 4.73. The number of hydrogen-bond acceptors (Lipinski definition) is 5. The van der Waals surface area contributed by atoms with Gasteiger partial charge in [-0.2, -0.15) is 18.3 Å². The van der Waals surface area contributed by atoms with Crippen LogP contribution in [0.3, 0.4) is 0 Å². The molecule has 2 rings (SSSR count). The second kappa shape index (κ2) is 7.44. The number of halogens is 4. The number of thioether (sulfide) groups is 1. The van der Waals surface area contributed by atoms with Crippen LogP contribution in [0.15, 0.2) is 22.3 Å². The maximum Gasteiger partial charge on any atom is 0.416 e. The van der Waals surface area contributed by atoms with Gasteiger partial charge < -0.3 is 10.4 Å². The fraction of sp³-hybridized carbons (Fsp3) is 0.286. The summed E-state index contributed by atoms with van der Waals surface area (Å²) in [5.74, 6) is -1.62. The molecule has 2 N–H and O–H groups in total. The van der Waals surface area contributed by atoms with Gasteiger partial charge in [0.25, 0.3) is 0 Å². The Morgan fingerprint density at radius 1 is 1.48 bits per heavy atom. The van der Waals surface area contributed by atoms with Crippen LogP contribution in [0.25, 0.3) is 0 Å². The number of carboxylic acids is 1. The monoisotopic (exact) mass is 393 g/mol. The van der Waals surface area contributed by atoms with Crippen LogP contribution in [0.4, 0.5) is 13.2 Å². The van der Waals surface area contributed by atoms with Gasteiger partial charge in [0, 0.05) is 5.56 Å². The molecule has 1 unspecified atom stereocenters. The molecule has 1 saturated heterocycles. The van der Waals surface area contributed by atoms with E-state index >= 15 is 0 Å². The first kappa shape index (κ1) is 19.3. The average molecular weight is 394 g/mol. The molecule has 1 heterocycles. The second-order valence-corrected chi connectivity index (χ2v) is 6.55. The number of benzene rings is 1. The lowest BCUT2D eigenvalue weighted by Crippen LogP contribution is -2.26. The molecule has 1 amide bonds. The van der Waals surface area contributed by atoms with E-state index in [0.717, 1.165) is 30.1 Å². The molecule has 134 valence electrons. The summed E-state index contributed by atoms with van der Waals surface area (Å²) in [5, 5.41) is 17.6. The number of rotatable bonds is 4. The number of amides is 1. The SMILES string of the molecule is Cc1c(C(F)(F)F)ccc(C=NN=C2NC(=O)C(CC(=O)O)S2)c1Cl. The number of nitrogens with zero attached hydrogens (tertiary/aromatic N) is 2. The van der Waals surface area contributed by atoms with Crippen molar-refractivity contribution in [3.05, 3.63) is 33.8 Å². The van der Waals surface area contributed by atoms with Gasteiger partial charge >= 0.3 is 12.1 Å². The van der Waals surface area contributed by atoms with E-state index < -0.39 is 28.9 Å². The van der Waals surface area contributed by atoms with E-state index in [-0.39, 0.29) is 27.7 Å². The molecule has 0 aromatic heterocycles. The maximum absolute atomic E-state index is 12.8. The highest BCUT2D eigenvalue weighted by Gasteiger charge is 2.33. The number of alkyl halides is 3. The van der Waals surface area contributed by atoms with Gasteiger partial charge in [-0.3, -0.25) is 9.59 Å². The number of aliphatic carboxylic acids is 1. The quantitative estimate of drug-likeness (QED) is 0.607. The van der Waals surface area contributed by atoms with E-state index in [1.165, 1.54) is 6.92 Å². The third-order valence-corrected chi connectivity index (χ3v) is 4.78. The number of carbonyl (C=O) groups excluding carboxylic acids is 1. The first-order valence-corrected chi connectivity index (χ1v) is 8.02. The van der Waals surface area contributed by atoms with E-state index in [2.05, 4.69) is 15.5 Å². The summed E-state index contributed by atoms with van der Waals surface area (Å²) in [5.41, 5.74) is -0.736. The highest BCUT2D eigenvalue weighted by atomic mass is 35.5. The summed E-state index contributed by atoms with van der Waals surface area (Å²) < 4.78 is 38.3. The van der Waals surface area contributed by atoms with E-state index in [0.29, 0.717) is 0 Å². The number of carbonyl (C=O) groups is 2. The molecule has 0 spiro atoms. The number of amidine groups is 1. The van der Waals surface area contributed by atoms with Crippen molar-refractivity contribution < 1.29 is 27.9 Å². The zero-order valence-electron chi connectivity index (χ0n) is 12.6. The van der Waals surface area contributed by atoms with Crippen molar-refractivity contribution >= 4 is 46.6 Å². The van der Waals surface area contributed by atoms with Crippen molar-refractivity contribution in [2.75, 3.05) is 0 Å². The number of nitrogens with one attached hydrogen (secondary N) is 1. The van der Waals surface area contributed by atoms with E-state index in [1.807, 2.05) is 0 Å². The molecule has 0 saturated carbocycles. The van der Waals surface area contributed by atoms with Crippen LogP contribution >= 0.6 is 23.4 Å². The summed E-state index contributed by atoms with van der Waals surface area (Å²) in [6.45, 7) is 1.25. The minimum absolute atomic E-state index is 0.104. The van der Waals surface area contributed by atoms with E-state index in [4.69, 9.17) is 16.7 Å². The Balaban J connectivity index is 2.14. The largest absolute Gasteiger partial charge is 0.481 e. The van der Waals surface area contributed by atoms with Gasteiger partial charge in [0.2, 0.25) is 5.91 Å². The molecule has 1 aromatic rings. The molecular formula is C14H11ClF3N3O3S. The van der Waals surface area contributed by atoms with Crippen molar-refractivity contribution in [1.82, 2.24) is 5.32 Å². The highest BCUT2D eigenvalue weighted by molar-refractivity contribution is 8.15. The van der Waals surface area contributed by atoms with Crippen molar-refractivity contribution in [3.63, 3.8) is 0 Å². The summed E-state index contributed by atoms with van der Waals surface area (Å²) >= 11 is 6.83. The van der Waals surface area contributed by atoms with Crippen LogP contribution in [0, 0.1) is 6.92 Å². The summed E-state index contributed by atoms with van der Waals surface area (Å²) in [6, 6.07) is 2.06. The standard InChI is InChI=1S/C14H11ClF3N3O3S/c1-6-8(14(16,17)18)3-2-7(11(6)15)5-19-21-13-20-12(24)9(25-13)4-10(22)23/h2-3,5,9H,4H2,1H3,(H,22,23)(H,20,21,24). The molecule has 0 bridgehead atoms. The van der Waals surface area contributed by atoms with Gasteiger partial charge in [0.05, 0.1) is 23.2 Å². The lowest BCUT2D eigenvalue weighted by molar-refractivity contribution is -0.138. The smallest absolute Gasteiger partial charge is 0.416 e. The molecule has 1 aliphatic rings. The van der Waals surface area contributed by atoms with Crippen LogP contribution in [-0.2, 0) is 15.8 Å². The van der Waals surface area contributed by atoms with Gasteiger partial charge in [-0.15, -0.1) is 5.10 Å². The second-order valence-electron chi connectivity index (χ2n) is 4.98. The number of hydrogen-bond donors (Lipinski definition) is 2. The summed E-state index contributed by atoms with van der Waals surface area (Å²) in [6.07, 6.45) is -3.71. The molecule has 1 atom stereocenters. The Morgan fingerprint density at radius 2 is 2.16 bits per heavy atom. The Morgan fingerprint density at radius 3 is 2.76 bits per heavy atom. The molecule has 6 nitrogen and oxygen atoms in total. The van der Waals surface area contributed by atoms with Crippen molar-refractivity contribution in [1.29, 1.82) is 0 Å². The first-order chi connectivity index (χ1) is 11.6. The Bertz CT molecular complexity index is 781. The van der Waals surface area contributed by atoms with Gasteiger partial charge in [0.1, 0.15) is 5.25 Å². The fourth-order valence-corrected chi connectivity index (χ4v) is 3.13. The van der Waals surface area contributed by atoms with E-state index in [9.17, 15) is 22.8 Å². The first-order valence-electron chi connectivity index (χ1n) is 6.76. The Hall–Kier alpha value is -2.07. The molecule has 0 radical (unpaired) electrons. The molecule has 1 aromatic carbocycles. The van der Waals surface area contributed by atoms with Gasteiger partial charge in [-0.05, 0) is 18.6 Å². The lowest BCUT2D eigenvalue weighted by Gasteiger charge is -2.12. The molecule has 25 heavy (non-hydrogen) atoms. The van der Waals surface area contributed by atoms with Crippen molar-refractivity contribution in [2.24, 2.45) is 10.2 Å². The van der Waals surface area contributed by atoms with Crippen LogP contribution < -0.4 is 5.32 Å². The van der Waals surface area contributed by atoms with Crippen LogP contribution in [0.2, 0.25) is 5.02 Å². The predicted octanol–water partition coefficient (Wildman–Crippen LogP) is 3.06. The minimum atomic E-state index is -4.51. The van der Waals surface area contributed by atoms with Crippen molar-refractivity contribution in [3.8, 4) is 0 Å². The third-order valence-electron chi connectivity index (χ3n) is 3.20. The van der Waals surface area contributed by atoms with Gasteiger partial charge in [0.15, 0.2) is 5.17 Å². The topological polar surface area (TPSA) is 91.1 Å². The fourth-order valence-electron chi connectivity index (χ4n) is 2.00. The summed E-state index contributed by atoms with van der Waals surface area (Å²) in [7, 11) is 0. The van der Waals surface area contributed by atoms with Gasteiger partial charge in [-0.25, -0.2) is 0 Å². The van der Waals surface area contributed by atoms with Gasteiger partial charge in [-0.1, -0.05) is 29.4 Å². The number of carboxylic acid groups (broad SMARTS) is 1. The van der Waals surface area contributed by atoms with Crippen LogP contribution in [0.1, 0.15) is 23.1 Å². The molecule has 1 fully saturated rings. The highest BCUT2D eigenvalue weighted by Crippen LogP contribution is 2.35. The van der Waals surface area contributed by atoms with Crippen molar-refractivity contribution in [2.45, 2.75) is 24.8 Å². The minimum Gasteiger partial charge on any atom is -0.481 e. The van der Waals surface area contributed by atoms with Crippen LogP contribution in [-0.4, -0.2) is 33.6 Å². The van der Waals surface area contributed by atoms with Crippen LogP contribution in [0.5, 0.6) is 0 Å². The Labute approximate surface area is 149 Å². The summed E-state index contributed by atoms with van der Waals surface area (Å²) in [4.78, 5) is 22.1. The molecule has 11 heteroatoms. The Kier molecular flexibility index (Phi) is 5.73. The predicted molar refractivity (Wildman–Crippen MR) is 88.0 cm³/mol.